The van der Waals surface area contributed by atoms with Crippen molar-refractivity contribution in [2.24, 2.45) is 0 Å². The summed E-state index contributed by atoms with van der Waals surface area (Å²) >= 11 is 0. The second kappa shape index (κ2) is 9.40. The first-order chi connectivity index (χ1) is 14.7. The largest absolute Gasteiger partial charge is 0.490 e. The van der Waals surface area contributed by atoms with E-state index in [9.17, 15) is 27.7 Å². The smallest absolute Gasteiger partial charge is 0.312 e. The molecule has 1 aliphatic heterocycles. The molecule has 0 unspecified atom stereocenters. The number of sulfonamides is 1. The Morgan fingerprint density at radius 3 is 2.45 bits per heavy atom. The molecule has 1 aliphatic rings. The molecule has 1 amide bonds. The lowest BCUT2D eigenvalue weighted by Crippen LogP contribution is -2.50. The molecule has 2 aromatic carbocycles. The second-order valence-corrected chi connectivity index (χ2v) is 8.90. The lowest BCUT2D eigenvalue weighted by atomic mass is 10.1. The lowest BCUT2D eigenvalue weighted by molar-refractivity contribution is -0.386. The summed E-state index contributed by atoms with van der Waals surface area (Å²) in [4.78, 5) is 24.3. The molecule has 2 aromatic rings. The summed E-state index contributed by atoms with van der Waals surface area (Å²) in [7, 11) is -2.70. The predicted molar refractivity (Wildman–Crippen MR) is 110 cm³/mol. The van der Waals surface area contributed by atoms with Gasteiger partial charge in [0.05, 0.1) is 16.9 Å². The maximum atomic E-state index is 13.7. The van der Waals surface area contributed by atoms with Crippen molar-refractivity contribution < 1.29 is 27.3 Å². The van der Waals surface area contributed by atoms with Crippen LogP contribution in [-0.4, -0.2) is 61.7 Å². The van der Waals surface area contributed by atoms with Crippen molar-refractivity contribution in [2.45, 2.75) is 17.7 Å². The zero-order chi connectivity index (χ0) is 22.6. The number of halogens is 1. The van der Waals surface area contributed by atoms with Gasteiger partial charge in [0.2, 0.25) is 15.9 Å². The van der Waals surface area contributed by atoms with Crippen molar-refractivity contribution in [1.82, 2.24) is 9.21 Å². The molecular weight excluding hydrogens is 429 g/mol. The molecule has 1 saturated heterocycles. The molecule has 3 rings (SSSR count). The number of rotatable bonds is 7. The molecule has 1 heterocycles. The third kappa shape index (κ3) is 5.00. The van der Waals surface area contributed by atoms with Gasteiger partial charge in [0, 0.05) is 38.7 Å². The number of hydrogen-bond acceptors (Lipinski definition) is 6. The summed E-state index contributed by atoms with van der Waals surface area (Å²) in [5.41, 5.74) is 0.0173. The molecular formula is C20H22FN3O6S. The number of carbonyl (C=O) groups is 1. The highest BCUT2D eigenvalue weighted by molar-refractivity contribution is 7.89. The molecule has 0 N–H and O–H groups in total. The van der Waals surface area contributed by atoms with E-state index in [0.717, 1.165) is 6.07 Å². The van der Waals surface area contributed by atoms with Crippen LogP contribution in [0.2, 0.25) is 0 Å². The van der Waals surface area contributed by atoms with Crippen molar-refractivity contribution in [2.75, 3.05) is 33.3 Å². The fourth-order valence-corrected chi connectivity index (χ4v) is 4.84. The van der Waals surface area contributed by atoms with Crippen LogP contribution in [0.15, 0.2) is 47.4 Å². The van der Waals surface area contributed by atoms with Gasteiger partial charge >= 0.3 is 5.69 Å². The van der Waals surface area contributed by atoms with Crippen molar-refractivity contribution in [3.8, 4) is 5.75 Å². The molecule has 0 saturated carbocycles. The average Bonchev–Trinajstić information content (AvgIpc) is 2.77. The predicted octanol–water partition coefficient (Wildman–Crippen LogP) is 2.21. The van der Waals surface area contributed by atoms with E-state index in [1.807, 2.05) is 0 Å². The number of benzene rings is 2. The SMILES string of the molecule is COc1ccc(S(=O)(=O)N2CCN(C(=O)CCc3ccccc3F)CC2)cc1[N+](=O)[O-]. The Morgan fingerprint density at radius 2 is 1.84 bits per heavy atom. The van der Waals surface area contributed by atoms with Gasteiger partial charge in [-0.25, -0.2) is 12.8 Å². The van der Waals surface area contributed by atoms with E-state index in [4.69, 9.17) is 4.74 Å². The Labute approximate surface area is 179 Å². The third-order valence-electron chi connectivity index (χ3n) is 5.14. The molecule has 0 aromatic heterocycles. The van der Waals surface area contributed by atoms with Gasteiger partial charge in [-0.2, -0.15) is 4.31 Å². The minimum absolute atomic E-state index is 0.0331. The summed E-state index contributed by atoms with van der Waals surface area (Å²) < 4.78 is 45.6. The van der Waals surface area contributed by atoms with Crippen LogP contribution in [0, 0.1) is 15.9 Å². The molecule has 0 bridgehead atoms. The maximum absolute atomic E-state index is 13.7. The quantitative estimate of drug-likeness (QED) is 0.472. The molecule has 0 atom stereocenters. The molecule has 1 fully saturated rings. The highest BCUT2D eigenvalue weighted by atomic mass is 32.2. The number of ether oxygens (including phenoxy) is 1. The van der Waals surface area contributed by atoms with E-state index < -0.39 is 20.6 Å². The van der Waals surface area contributed by atoms with Crippen LogP contribution < -0.4 is 4.74 Å². The van der Waals surface area contributed by atoms with Gasteiger partial charge in [0.1, 0.15) is 5.82 Å². The van der Waals surface area contributed by atoms with Gasteiger partial charge in [-0.1, -0.05) is 18.2 Å². The fraction of sp³-hybridized carbons (Fsp3) is 0.350. The van der Waals surface area contributed by atoms with E-state index in [-0.39, 0.29) is 61.4 Å². The number of carbonyl (C=O) groups excluding carboxylic acids is 1. The third-order valence-corrected chi connectivity index (χ3v) is 7.04. The zero-order valence-electron chi connectivity index (χ0n) is 16.9. The average molecular weight is 451 g/mol. The molecule has 31 heavy (non-hydrogen) atoms. The fourth-order valence-electron chi connectivity index (χ4n) is 3.40. The molecule has 0 spiro atoms. The first-order valence-electron chi connectivity index (χ1n) is 9.58. The van der Waals surface area contributed by atoms with E-state index in [0.29, 0.717) is 5.56 Å². The van der Waals surface area contributed by atoms with E-state index >= 15 is 0 Å². The number of nitro benzene ring substituents is 1. The Hall–Kier alpha value is -3.05. The maximum Gasteiger partial charge on any atom is 0.312 e. The van der Waals surface area contributed by atoms with Gasteiger partial charge in [-0.3, -0.25) is 14.9 Å². The second-order valence-electron chi connectivity index (χ2n) is 6.97. The molecule has 11 heteroatoms. The van der Waals surface area contributed by atoms with Crippen LogP contribution in [0.5, 0.6) is 5.75 Å². The summed E-state index contributed by atoms with van der Waals surface area (Å²) in [6.07, 6.45) is 0.387. The molecule has 166 valence electrons. The Balaban J connectivity index is 1.63. The van der Waals surface area contributed by atoms with E-state index in [1.54, 1.807) is 23.1 Å². The normalized spacial score (nSPS) is 15.0. The lowest BCUT2D eigenvalue weighted by Gasteiger charge is -2.34. The monoisotopic (exact) mass is 451 g/mol. The summed E-state index contributed by atoms with van der Waals surface area (Å²) in [5.74, 6) is -0.575. The Bertz CT molecular complexity index is 1080. The van der Waals surface area contributed by atoms with E-state index in [1.165, 1.54) is 29.6 Å². The number of methoxy groups -OCH3 is 1. The topological polar surface area (TPSA) is 110 Å². The van der Waals surface area contributed by atoms with Crippen LogP contribution in [-0.2, 0) is 21.2 Å². The van der Waals surface area contributed by atoms with Crippen LogP contribution >= 0.6 is 0 Å². The molecule has 0 radical (unpaired) electrons. The van der Waals surface area contributed by atoms with E-state index in [2.05, 4.69) is 0 Å². The van der Waals surface area contributed by atoms with Gasteiger partial charge in [-0.15, -0.1) is 0 Å². The standard InChI is InChI=1S/C20H22FN3O6S/c1-30-19-8-7-16(14-18(19)24(26)27)31(28,29)23-12-10-22(11-13-23)20(25)9-6-15-4-2-3-5-17(15)21/h2-5,7-8,14H,6,9-13H2,1H3. The van der Waals surface area contributed by atoms with Crippen LogP contribution in [0.3, 0.4) is 0 Å². The number of piperazine rings is 1. The number of amides is 1. The molecule has 0 aliphatic carbocycles. The van der Waals surface area contributed by atoms with Crippen molar-refractivity contribution in [3.05, 3.63) is 64.0 Å². The van der Waals surface area contributed by atoms with Gasteiger partial charge in [0.25, 0.3) is 0 Å². The highest BCUT2D eigenvalue weighted by Gasteiger charge is 2.31. The minimum Gasteiger partial charge on any atom is -0.490 e. The highest BCUT2D eigenvalue weighted by Crippen LogP contribution is 2.30. The number of hydrogen-bond donors (Lipinski definition) is 0. The van der Waals surface area contributed by atoms with Crippen LogP contribution in [0.25, 0.3) is 0 Å². The van der Waals surface area contributed by atoms with Crippen molar-refractivity contribution in [1.29, 1.82) is 0 Å². The Morgan fingerprint density at radius 1 is 1.16 bits per heavy atom. The zero-order valence-corrected chi connectivity index (χ0v) is 17.7. The Kier molecular flexibility index (Phi) is 6.86. The number of nitrogens with zero attached hydrogens (tertiary/aromatic N) is 3. The number of aryl methyl sites for hydroxylation is 1. The summed E-state index contributed by atoms with van der Waals surface area (Å²) in [6.45, 7) is 0.502. The van der Waals surface area contributed by atoms with Gasteiger partial charge in [0.15, 0.2) is 5.75 Å². The minimum atomic E-state index is -3.97. The number of nitro groups is 1. The van der Waals surface area contributed by atoms with Crippen LogP contribution in [0.1, 0.15) is 12.0 Å². The first-order valence-corrected chi connectivity index (χ1v) is 11.0. The van der Waals surface area contributed by atoms with Gasteiger partial charge < -0.3 is 9.64 Å². The van der Waals surface area contributed by atoms with Crippen molar-refractivity contribution in [3.63, 3.8) is 0 Å². The van der Waals surface area contributed by atoms with Crippen LogP contribution in [0.4, 0.5) is 10.1 Å². The van der Waals surface area contributed by atoms with Gasteiger partial charge in [-0.05, 0) is 30.2 Å². The van der Waals surface area contributed by atoms with Crippen molar-refractivity contribution >= 4 is 21.6 Å². The first kappa shape index (κ1) is 22.6. The molecule has 9 nitrogen and oxygen atoms in total. The summed E-state index contributed by atoms with van der Waals surface area (Å²) in [5, 5.41) is 11.2. The summed E-state index contributed by atoms with van der Waals surface area (Å²) in [6, 6.07) is 9.72.